The Morgan fingerprint density at radius 3 is 3.00 bits per heavy atom. The van der Waals surface area contributed by atoms with Crippen molar-refractivity contribution < 1.29 is 4.74 Å². The van der Waals surface area contributed by atoms with E-state index in [1.807, 2.05) is 31.0 Å². The van der Waals surface area contributed by atoms with Gasteiger partial charge in [0, 0.05) is 26.4 Å². The lowest BCUT2D eigenvalue weighted by Crippen LogP contribution is -2.33. The van der Waals surface area contributed by atoms with Gasteiger partial charge in [-0.3, -0.25) is 0 Å². The molecule has 1 heterocycles. The molecule has 0 aliphatic heterocycles. The molecule has 1 aromatic heterocycles. The molecule has 4 heteroatoms. The van der Waals surface area contributed by atoms with Crippen LogP contribution in [0.25, 0.3) is 0 Å². The highest BCUT2D eigenvalue weighted by molar-refractivity contribution is 5.55. The van der Waals surface area contributed by atoms with E-state index in [-0.39, 0.29) is 6.04 Å². The monoisotopic (exact) mass is 205 g/mol. The van der Waals surface area contributed by atoms with Gasteiger partial charge < -0.3 is 9.64 Å². The topological polar surface area (TPSA) is 49.1 Å². The van der Waals surface area contributed by atoms with Crippen LogP contribution in [-0.4, -0.2) is 31.8 Å². The minimum atomic E-state index is 0.214. The number of rotatable bonds is 4. The fourth-order valence-electron chi connectivity index (χ4n) is 1.36. The molecule has 80 valence electrons. The van der Waals surface area contributed by atoms with Crippen molar-refractivity contribution in [2.75, 3.05) is 25.7 Å². The summed E-state index contributed by atoms with van der Waals surface area (Å²) in [5, 5.41) is 8.91. The van der Waals surface area contributed by atoms with E-state index < -0.39 is 0 Å². The highest BCUT2D eigenvalue weighted by Gasteiger charge is 2.13. The van der Waals surface area contributed by atoms with Gasteiger partial charge in [-0.25, -0.2) is 4.98 Å². The van der Waals surface area contributed by atoms with Gasteiger partial charge in [0.05, 0.1) is 12.3 Å². The second kappa shape index (κ2) is 5.32. The van der Waals surface area contributed by atoms with Gasteiger partial charge in [0.25, 0.3) is 0 Å². The van der Waals surface area contributed by atoms with E-state index in [9.17, 15) is 0 Å². The zero-order valence-electron chi connectivity index (χ0n) is 9.27. The highest BCUT2D eigenvalue weighted by atomic mass is 16.5. The Kier molecular flexibility index (Phi) is 4.07. The zero-order chi connectivity index (χ0) is 11.3. The van der Waals surface area contributed by atoms with Gasteiger partial charge in [0.2, 0.25) is 0 Å². The lowest BCUT2D eigenvalue weighted by Gasteiger charge is -2.26. The molecule has 1 aromatic rings. The van der Waals surface area contributed by atoms with Crippen molar-refractivity contribution >= 4 is 5.69 Å². The summed E-state index contributed by atoms with van der Waals surface area (Å²) >= 11 is 0. The molecule has 0 bridgehead atoms. The summed E-state index contributed by atoms with van der Waals surface area (Å²) in [5.74, 6) is 0. The van der Waals surface area contributed by atoms with Gasteiger partial charge in [0.15, 0.2) is 5.69 Å². The number of anilines is 1. The summed E-state index contributed by atoms with van der Waals surface area (Å²) in [6, 6.07) is 6.01. The SMILES string of the molecule is COCC(C)N(C)c1cccnc1C#N. The average molecular weight is 205 g/mol. The molecule has 0 aliphatic carbocycles. The third-order valence-electron chi connectivity index (χ3n) is 2.34. The van der Waals surface area contributed by atoms with Gasteiger partial charge in [-0.1, -0.05) is 0 Å². The second-order valence-corrected chi connectivity index (χ2v) is 3.40. The predicted octanol–water partition coefficient (Wildman–Crippen LogP) is 1.42. The maximum absolute atomic E-state index is 8.91. The van der Waals surface area contributed by atoms with Gasteiger partial charge >= 0.3 is 0 Å². The van der Waals surface area contributed by atoms with E-state index >= 15 is 0 Å². The quantitative estimate of drug-likeness (QED) is 0.746. The molecule has 1 unspecified atom stereocenters. The summed E-state index contributed by atoms with van der Waals surface area (Å²) in [4.78, 5) is 6.01. The molecule has 0 saturated carbocycles. The summed E-state index contributed by atoms with van der Waals surface area (Å²) < 4.78 is 5.07. The van der Waals surface area contributed by atoms with Crippen LogP contribution in [0.15, 0.2) is 18.3 Å². The van der Waals surface area contributed by atoms with Crippen molar-refractivity contribution in [3.8, 4) is 6.07 Å². The van der Waals surface area contributed by atoms with Gasteiger partial charge in [-0.2, -0.15) is 5.26 Å². The third kappa shape index (κ3) is 2.67. The maximum Gasteiger partial charge on any atom is 0.163 e. The normalized spacial score (nSPS) is 11.9. The van der Waals surface area contributed by atoms with Crippen molar-refractivity contribution in [2.24, 2.45) is 0 Å². The first-order valence-corrected chi connectivity index (χ1v) is 4.77. The molecule has 0 spiro atoms. The lowest BCUT2D eigenvalue weighted by molar-refractivity contribution is 0.183. The first kappa shape index (κ1) is 11.5. The Bertz CT molecular complexity index is 359. The van der Waals surface area contributed by atoms with Crippen molar-refractivity contribution in [3.05, 3.63) is 24.0 Å². The lowest BCUT2D eigenvalue weighted by atomic mass is 10.2. The Labute approximate surface area is 90.1 Å². The Balaban J connectivity index is 2.91. The number of pyridine rings is 1. The molecule has 0 radical (unpaired) electrons. The van der Waals surface area contributed by atoms with E-state index in [0.29, 0.717) is 12.3 Å². The number of methoxy groups -OCH3 is 1. The van der Waals surface area contributed by atoms with Crippen LogP contribution < -0.4 is 4.90 Å². The van der Waals surface area contributed by atoms with Crippen molar-refractivity contribution in [1.82, 2.24) is 4.98 Å². The molecule has 0 aromatic carbocycles. The number of hydrogen-bond acceptors (Lipinski definition) is 4. The number of aromatic nitrogens is 1. The summed E-state index contributed by atoms with van der Waals surface area (Å²) in [5.41, 5.74) is 1.28. The van der Waals surface area contributed by atoms with Crippen LogP contribution in [0.2, 0.25) is 0 Å². The van der Waals surface area contributed by atoms with Crippen LogP contribution in [-0.2, 0) is 4.74 Å². The first-order chi connectivity index (χ1) is 7.20. The number of nitrogens with zero attached hydrogens (tertiary/aromatic N) is 3. The Morgan fingerprint density at radius 1 is 1.67 bits per heavy atom. The molecule has 0 amide bonds. The standard InChI is InChI=1S/C11H15N3O/c1-9(8-15-3)14(2)11-5-4-6-13-10(11)7-12/h4-6,9H,8H2,1-3H3. The number of ether oxygens (including phenoxy) is 1. The van der Waals surface area contributed by atoms with E-state index in [4.69, 9.17) is 10.00 Å². The molecule has 0 fully saturated rings. The fraction of sp³-hybridized carbons (Fsp3) is 0.455. The third-order valence-corrected chi connectivity index (χ3v) is 2.34. The smallest absolute Gasteiger partial charge is 0.163 e. The molecule has 15 heavy (non-hydrogen) atoms. The molecule has 1 atom stereocenters. The zero-order valence-corrected chi connectivity index (χ0v) is 9.27. The minimum absolute atomic E-state index is 0.214. The van der Waals surface area contributed by atoms with Crippen LogP contribution in [0, 0.1) is 11.3 Å². The fourth-order valence-corrected chi connectivity index (χ4v) is 1.36. The molecule has 0 aliphatic rings. The van der Waals surface area contributed by atoms with Crippen molar-refractivity contribution in [1.29, 1.82) is 5.26 Å². The second-order valence-electron chi connectivity index (χ2n) is 3.40. The number of nitriles is 1. The number of likely N-dealkylation sites (N-methyl/N-ethyl adjacent to an activating group) is 1. The molecule has 1 rings (SSSR count). The van der Waals surface area contributed by atoms with E-state index in [2.05, 4.69) is 11.1 Å². The molecule has 0 saturated heterocycles. The van der Waals surface area contributed by atoms with Gasteiger partial charge in [-0.15, -0.1) is 0 Å². The Morgan fingerprint density at radius 2 is 2.40 bits per heavy atom. The highest BCUT2D eigenvalue weighted by Crippen LogP contribution is 2.17. The molecular formula is C11H15N3O. The molecular weight excluding hydrogens is 190 g/mol. The largest absolute Gasteiger partial charge is 0.383 e. The van der Waals surface area contributed by atoms with Crippen LogP contribution >= 0.6 is 0 Å². The van der Waals surface area contributed by atoms with Crippen LogP contribution in [0.1, 0.15) is 12.6 Å². The first-order valence-electron chi connectivity index (χ1n) is 4.77. The van der Waals surface area contributed by atoms with E-state index in [0.717, 1.165) is 5.69 Å². The molecule has 4 nitrogen and oxygen atoms in total. The van der Waals surface area contributed by atoms with Crippen LogP contribution in [0.5, 0.6) is 0 Å². The van der Waals surface area contributed by atoms with Gasteiger partial charge in [-0.05, 0) is 19.1 Å². The average Bonchev–Trinajstić information content (AvgIpc) is 2.28. The van der Waals surface area contributed by atoms with Crippen LogP contribution in [0.3, 0.4) is 0 Å². The summed E-state index contributed by atoms with van der Waals surface area (Å²) in [6.45, 7) is 2.66. The predicted molar refractivity (Wildman–Crippen MR) is 58.7 cm³/mol. The van der Waals surface area contributed by atoms with Crippen LogP contribution in [0.4, 0.5) is 5.69 Å². The van der Waals surface area contributed by atoms with E-state index in [1.165, 1.54) is 0 Å². The Hall–Kier alpha value is -1.60. The minimum Gasteiger partial charge on any atom is -0.383 e. The number of hydrogen-bond donors (Lipinski definition) is 0. The van der Waals surface area contributed by atoms with Gasteiger partial charge in [0.1, 0.15) is 6.07 Å². The van der Waals surface area contributed by atoms with E-state index in [1.54, 1.807) is 13.3 Å². The maximum atomic E-state index is 8.91. The summed E-state index contributed by atoms with van der Waals surface area (Å²) in [7, 11) is 3.60. The summed E-state index contributed by atoms with van der Waals surface area (Å²) in [6.07, 6.45) is 1.62. The molecule has 0 N–H and O–H groups in total. The van der Waals surface area contributed by atoms with Crippen molar-refractivity contribution in [2.45, 2.75) is 13.0 Å². The van der Waals surface area contributed by atoms with Crippen molar-refractivity contribution in [3.63, 3.8) is 0 Å².